The first kappa shape index (κ1) is 6.78. The van der Waals surface area contributed by atoms with Crippen LogP contribution in [0.1, 0.15) is 5.56 Å². The first-order chi connectivity index (χ1) is 8.54. The molecule has 1 aromatic carbocycles. The summed E-state index contributed by atoms with van der Waals surface area (Å²) in [5.41, 5.74) is 1.84. The van der Waals surface area contributed by atoms with E-state index >= 15 is 0 Å². The summed E-state index contributed by atoms with van der Waals surface area (Å²) < 4.78 is 1.77. The Morgan fingerprint density at radius 3 is 1.72 bits per heavy atom. The van der Waals surface area contributed by atoms with Crippen molar-refractivity contribution < 1.29 is 6.51 Å². The molecule has 0 amide bonds. The van der Waals surface area contributed by atoms with Gasteiger partial charge in [0.25, 0.3) is 0 Å². The van der Waals surface area contributed by atoms with Crippen LogP contribution in [0.3, 0.4) is 0 Å². The van der Waals surface area contributed by atoms with Gasteiger partial charge >= 0.3 is 104 Å². The van der Waals surface area contributed by atoms with E-state index in [1.807, 2.05) is 5.56 Å². The zero-order valence-corrected chi connectivity index (χ0v) is 12.4. The number of alkyl halides is 1. The number of hydrogen-bond donors (Lipinski definition) is 0. The molecule has 10 aliphatic rings. The second-order valence-electron chi connectivity index (χ2n) is 11.0. The number of benzene rings is 1. The molecule has 0 nitrogen and oxygen atoms in total. The molecule has 8 unspecified atom stereocenters. The Kier molecular flexibility index (Phi) is 0.214. The summed E-state index contributed by atoms with van der Waals surface area (Å²) in [7, 11) is 0. The molecule has 0 saturated carbocycles. The van der Waals surface area contributed by atoms with E-state index in [4.69, 9.17) is 0 Å². The molecular weight excluding hydrogens is 328 g/mol. The Bertz CT molecular complexity index is 1180. The van der Waals surface area contributed by atoms with Gasteiger partial charge in [-0.05, 0) is 0 Å². The summed E-state index contributed by atoms with van der Waals surface area (Å²) in [6.07, 6.45) is 0. The van der Waals surface area contributed by atoms with Gasteiger partial charge in [0, 0.05) is 0 Å². The zero-order chi connectivity index (χ0) is 11.0. The Hall–Kier alpha value is 0.219. The van der Waals surface area contributed by atoms with Gasteiger partial charge in [-0.15, -0.1) is 0 Å². The molecule has 10 heterocycles. The normalized spacial score (nSPS) is 117. The standard InChI is InChI=1S/C11H9.C5H4Br.Fe/c1-2-6-10(7-3-1)11-8-4-5-9-11;6-5-3-1-2-4-5;/h1-9H;1-4H;. The first-order valence-corrected chi connectivity index (χ1v) is 14.5. The number of halogens is 1. The molecule has 10 aliphatic heterocycles. The van der Waals surface area contributed by atoms with Crippen molar-refractivity contribution in [3.05, 3.63) is 35.9 Å². The average molecular weight is 341 g/mol. The third-order valence-corrected chi connectivity index (χ3v) is 65.7. The van der Waals surface area contributed by atoms with Crippen LogP contribution in [-0.4, -0.2) is 3.22 Å². The molecule has 0 bridgehead atoms. The van der Waals surface area contributed by atoms with Crippen molar-refractivity contribution in [1.82, 2.24) is 0 Å². The molecule has 1 aromatic rings. The summed E-state index contributed by atoms with van der Waals surface area (Å²) in [4.78, 5) is 10.9. The van der Waals surface area contributed by atoms with Crippen molar-refractivity contribution >= 4 is 15.9 Å². The van der Waals surface area contributed by atoms with Crippen LogP contribution < -0.4 is 0 Å². The van der Waals surface area contributed by atoms with Gasteiger partial charge in [-0.2, -0.15) is 0 Å². The fourth-order valence-electron chi connectivity index (χ4n) is 17.7. The molecule has 92 valence electrons. The maximum absolute atomic E-state index is 4.46. The maximum atomic E-state index is 4.46. The molecule has 0 radical (unpaired) electrons. The molecule has 2 heteroatoms. The Morgan fingerprint density at radius 2 is 1.39 bits per heavy atom. The fourth-order valence-corrected chi connectivity index (χ4v) is 105. The second kappa shape index (κ2) is 0.569. The van der Waals surface area contributed by atoms with Gasteiger partial charge in [0.15, 0.2) is 0 Å². The van der Waals surface area contributed by atoms with E-state index < -0.39 is 6.51 Å². The van der Waals surface area contributed by atoms with Crippen molar-refractivity contribution in [2.45, 2.75) is 46.1 Å². The van der Waals surface area contributed by atoms with Crippen LogP contribution >= 0.6 is 15.9 Å². The van der Waals surface area contributed by atoms with Crippen molar-refractivity contribution in [3.8, 4) is 0 Å². The number of hydrogen-bond acceptors (Lipinski definition) is 0. The molecule has 18 heavy (non-hydrogen) atoms. The quantitative estimate of drug-likeness (QED) is 0.509. The van der Waals surface area contributed by atoms with Crippen LogP contribution in [0.15, 0.2) is 30.3 Å². The summed E-state index contributed by atoms with van der Waals surface area (Å²) in [6, 6.07) is 11.9. The summed E-state index contributed by atoms with van der Waals surface area (Å²) in [5, 5.41) is 0. The third kappa shape index (κ3) is 0.0651. The first-order valence-electron chi connectivity index (χ1n) is 7.49. The van der Waals surface area contributed by atoms with E-state index in [1.54, 1.807) is 0 Å². The van der Waals surface area contributed by atoms with Gasteiger partial charge in [-0.25, -0.2) is 0 Å². The summed E-state index contributed by atoms with van der Waals surface area (Å²) in [5.74, 6) is 0. The van der Waals surface area contributed by atoms with Crippen molar-refractivity contribution in [2.75, 3.05) is 0 Å². The molecule has 11 rings (SSSR count). The molecule has 10 saturated heterocycles. The topological polar surface area (TPSA) is 0 Å². The van der Waals surface area contributed by atoms with Crippen molar-refractivity contribution in [3.63, 3.8) is 0 Å². The van der Waals surface area contributed by atoms with Crippen LogP contribution in [-0.2, 0) is 10.8 Å². The van der Waals surface area contributed by atoms with Gasteiger partial charge in [-0.1, -0.05) is 0 Å². The van der Waals surface area contributed by atoms with Gasteiger partial charge in [0.2, 0.25) is 0 Å². The third-order valence-electron chi connectivity index (χ3n) is 15.9. The fraction of sp³-hybridized carbons (Fsp3) is 0.625. The summed E-state index contributed by atoms with van der Waals surface area (Å²) >= 11 is 4.46. The Morgan fingerprint density at radius 1 is 0.833 bits per heavy atom. The van der Waals surface area contributed by atoms with E-state index in [0.717, 1.165) is 7.54 Å². The van der Waals surface area contributed by atoms with Crippen LogP contribution in [0.2, 0.25) is 38.5 Å². The van der Waals surface area contributed by atoms with Crippen LogP contribution in [0.25, 0.3) is 0 Å². The Labute approximate surface area is 104 Å². The van der Waals surface area contributed by atoms with Crippen molar-refractivity contribution in [2.24, 2.45) is 0 Å². The van der Waals surface area contributed by atoms with E-state index in [2.05, 4.69) is 46.3 Å². The molecular formula is C16H13BrFe. The minimum atomic E-state index is -3.06. The van der Waals surface area contributed by atoms with Gasteiger partial charge in [0.1, 0.15) is 0 Å². The van der Waals surface area contributed by atoms with Crippen molar-refractivity contribution in [1.29, 1.82) is 0 Å². The molecule has 1 spiro atoms. The monoisotopic (exact) mass is 340 g/mol. The zero-order valence-electron chi connectivity index (χ0n) is 9.74. The van der Waals surface area contributed by atoms with E-state index in [0.29, 0.717) is 0 Å². The van der Waals surface area contributed by atoms with Crippen LogP contribution in [0, 0.1) is 0 Å². The van der Waals surface area contributed by atoms with E-state index in [1.165, 1.54) is 38.5 Å². The molecule has 0 aliphatic carbocycles. The number of rotatable bonds is 1. The average Bonchev–Trinajstić information content (AvgIpc) is 3.34. The minimum absolute atomic E-state index is 0.872. The SMILES string of the molecule is Br[C]12[CH]3[CH]4[CH]5[CH]1[Fe]45321678[CH]2[CH]1[CH]6[C]7(c1ccccc1)[CH]28. The molecule has 8 atom stereocenters. The van der Waals surface area contributed by atoms with Gasteiger partial charge in [0.05, 0.1) is 0 Å². The Balaban J connectivity index is 1.64. The second-order valence-corrected chi connectivity index (χ2v) is 36.3. The van der Waals surface area contributed by atoms with Crippen LogP contribution in [0.4, 0.5) is 0 Å². The molecule has 0 N–H and O–H groups in total. The number of fused-ring (bicyclic) bond motifs is 10. The molecule has 0 aromatic heterocycles. The molecule has 10 fully saturated rings. The van der Waals surface area contributed by atoms with Gasteiger partial charge in [-0.3, -0.25) is 0 Å². The van der Waals surface area contributed by atoms with Crippen LogP contribution in [0.5, 0.6) is 0 Å². The summed E-state index contributed by atoms with van der Waals surface area (Å²) in [6.45, 7) is -3.06. The van der Waals surface area contributed by atoms with E-state index in [-0.39, 0.29) is 0 Å². The predicted octanol–water partition coefficient (Wildman–Crippen LogP) is 4.79. The van der Waals surface area contributed by atoms with E-state index in [9.17, 15) is 0 Å². The van der Waals surface area contributed by atoms with Gasteiger partial charge < -0.3 is 0 Å². The predicted molar refractivity (Wildman–Crippen MR) is 69.8 cm³/mol.